The van der Waals surface area contributed by atoms with Gasteiger partial charge in [-0.05, 0) is 62.0 Å². The zero-order valence-electron chi connectivity index (χ0n) is 17.8. The molecule has 0 radical (unpaired) electrons. The first kappa shape index (κ1) is 20.9. The van der Waals surface area contributed by atoms with Crippen LogP contribution in [-0.2, 0) is 4.79 Å². The molecule has 160 valence electrons. The SMILES string of the molecule is Cc1cc(NC(=O)C2CCN(C(=O)c3cccs3)CC2)ccc1N1CCN(C)CC1. The first-order chi connectivity index (χ1) is 14.5. The average molecular weight is 427 g/mol. The van der Waals surface area contributed by atoms with Crippen molar-refractivity contribution in [3.63, 3.8) is 0 Å². The Labute approximate surface area is 182 Å². The number of aryl methyl sites for hydroxylation is 1. The van der Waals surface area contributed by atoms with Gasteiger partial charge in [0.15, 0.2) is 0 Å². The van der Waals surface area contributed by atoms with Gasteiger partial charge in [0, 0.05) is 56.6 Å². The Balaban J connectivity index is 1.31. The molecule has 2 saturated heterocycles. The minimum atomic E-state index is -0.0463. The number of anilines is 2. The molecule has 2 aromatic rings. The van der Waals surface area contributed by atoms with Crippen molar-refractivity contribution in [3.05, 3.63) is 46.2 Å². The predicted molar refractivity (Wildman–Crippen MR) is 122 cm³/mol. The van der Waals surface area contributed by atoms with Gasteiger partial charge in [-0.25, -0.2) is 0 Å². The highest BCUT2D eigenvalue weighted by Gasteiger charge is 2.28. The number of rotatable bonds is 4. The molecule has 3 heterocycles. The minimum absolute atomic E-state index is 0.0463. The Morgan fingerprint density at radius 2 is 1.77 bits per heavy atom. The molecule has 0 atom stereocenters. The third-order valence-electron chi connectivity index (χ3n) is 6.19. The maximum Gasteiger partial charge on any atom is 0.263 e. The van der Waals surface area contributed by atoms with Crippen LogP contribution < -0.4 is 10.2 Å². The highest BCUT2D eigenvalue weighted by Crippen LogP contribution is 2.26. The maximum absolute atomic E-state index is 12.8. The summed E-state index contributed by atoms with van der Waals surface area (Å²) in [7, 11) is 2.16. The topological polar surface area (TPSA) is 55.9 Å². The van der Waals surface area contributed by atoms with Crippen LogP contribution >= 0.6 is 11.3 Å². The van der Waals surface area contributed by atoms with Gasteiger partial charge in [0.1, 0.15) is 0 Å². The van der Waals surface area contributed by atoms with Gasteiger partial charge in [0.25, 0.3) is 5.91 Å². The highest BCUT2D eigenvalue weighted by atomic mass is 32.1. The molecule has 2 amide bonds. The number of benzene rings is 1. The van der Waals surface area contributed by atoms with Crippen LogP contribution in [0.1, 0.15) is 28.1 Å². The molecule has 0 bridgehead atoms. The summed E-state index contributed by atoms with van der Waals surface area (Å²) in [6.07, 6.45) is 1.42. The number of nitrogens with one attached hydrogen (secondary N) is 1. The number of hydrogen-bond acceptors (Lipinski definition) is 5. The van der Waals surface area contributed by atoms with Crippen LogP contribution in [0, 0.1) is 12.8 Å². The number of likely N-dealkylation sites (tertiary alicyclic amines) is 1. The van der Waals surface area contributed by atoms with Gasteiger partial charge < -0.3 is 20.0 Å². The Hall–Kier alpha value is -2.38. The maximum atomic E-state index is 12.8. The van der Waals surface area contributed by atoms with Crippen LogP contribution in [-0.4, -0.2) is 67.9 Å². The van der Waals surface area contributed by atoms with Crippen molar-refractivity contribution >= 4 is 34.5 Å². The summed E-state index contributed by atoms with van der Waals surface area (Å²) in [6.45, 7) is 7.60. The van der Waals surface area contributed by atoms with Crippen LogP contribution in [0.15, 0.2) is 35.7 Å². The molecular formula is C23H30N4O2S. The molecule has 6 nitrogen and oxygen atoms in total. The second-order valence-corrected chi connectivity index (χ2v) is 9.27. The summed E-state index contributed by atoms with van der Waals surface area (Å²) in [4.78, 5) is 32.7. The first-order valence-electron chi connectivity index (χ1n) is 10.7. The van der Waals surface area contributed by atoms with Crippen molar-refractivity contribution in [3.8, 4) is 0 Å². The lowest BCUT2D eigenvalue weighted by molar-refractivity contribution is -0.121. The molecule has 2 fully saturated rings. The highest BCUT2D eigenvalue weighted by molar-refractivity contribution is 7.12. The van der Waals surface area contributed by atoms with E-state index in [4.69, 9.17) is 0 Å². The number of likely N-dealkylation sites (N-methyl/N-ethyl adjacent to an activating group) is 1. The number of amides is 2. The van der Waals surface area contributed by atoms with E-state index in [-0.39, 0.29) is 17.7 Å². The van der Waals surface area contributed by atoms with Crippen LogP contribution in [0.25, 0.3) is 0 Å². The second-order valence-electron chi connectivity index (χ2n) is 8.32. The minimum Gasteiger partial charge on any atom is -0.369 e. The van der Waals surface area contributed by atoms with E-state index in [0.717, 1.165) is 36.7 Å². The Kier molecular flexibility index (Phi) is 6.39. The third kappa shape index (κ3) is 4.68. The number of nitrogens with zero attached hydrogens (tertiary/aromatic N) is 3. The molecule has 0 aliphatic carbocycles. The Bertz CT molecular complexity index is 883. The second kappa shape index (κ2) is 9.18. The predicted octanol–water partition coefficient (Wildman–Crippen LogP) is 3.30. The molecule has 7 heteroatoms. The lowest BCUT2D eigenvalue weighted by atomic mass is 9.95. The van der Waals surface area contributed by atoms with Gasteiger partial charge in [-0.15, -0.1) is 11.3 Å². The van der Waals surface area contributed by atoms with Crippen LogP contribution in [0.4, 0.5) is 11.4 Å². The van der Waals surface area contributed by atoms with E-state index >= 15 is 0 Å². The number of hydrogen-bond donors (Lipinski definition) is 1. The molecule has 0 saturated carbocycles. The molecule has 1 N–H and O–H groups in total. The van der Waals surface area contributed by atoms with Crippen molar-refractivity contribution in [2.75, 3.05) is 56.5 Å². The van der Waals surface area contributed by atoms with E-state index in [0.29, 0.717) is 25.9 Å². The number of carbonyl (C=O) groups excluding carboxylic acids is 2. The van der Waals surface area contributed by atoms with Crippen molar-refractivity contribution in [1.82, 2.24) is 9.80 Å². The molecule has 30 heavy (non-hydrogen) atoms. The number of piperazine rings is 1. The molecule has 2 aliphatic rings. The molecule has 0 unspecified atom stereocenters. The molecule has 1 aromatic heterocycles. The Morgan fingerprint density at radius 1 is 1.03 bits per heavy atom. The van der Waals surface area contributed by atoms with Crippen LogP contribution in [0.3, 0.4) is 0 Å². The fourth-order valence-electron chi connectivity index (χ4n) is 4.28. The lowest BCUT2D eigenvalue weighted by Gasteiger charge is -2.35. The molecule has 1 aromatic carbocycles. The largest absolute Gasteiger partial charge is 0.369 e. The molecular weight excluding hydrogens is 396 g/mol. The summed E-state index contributed by atoms with van der Waals surface area (Å²) < 4.78 is 0. The zero-order valence-corrected chi connectivity index (χ0v) is 18.6. The normalized spacial score (nSPS) is 18.5. The van der Waals surface area contributed by atoms with Crippen molar-refractivity contribution < 1.29 is 9.59 Å². The summed E-state index contributed by atoms with van der Waals surface area (Å²) >= 11 is 1.47. The van der Waals surface area contributed by atoms with Crippen molar-refractivity contribution in [1.29, 1.82) is 0 Å². The van der Waals surface area contributed by atoms with E-state index in [1.54, 1.807) is 0 Å². The Morgan fingerprint density at radius 3 is 2.40 bits per heavy atom. The van der Waals surface area contributed by atoms with Crippen molar-refractivity contribution in [2.45, 2.75) is 19.8 Å². The fourth-order valence-corrected chi connectivity index (χ4v) is 4.97. The summed E-state index contributed by atoms with van der Waals surface area (Å²) in [5.74, 6) is 0.0962. The first-order valence-corrected chi connectivity index (χ1v) is 11.6. The number of carbonyl (C=O) groups is 2. The summed E-state index contributed by atoms with van der Waals surface area (Å²) in [5.41, 5.74) is 3.29. The van der Waals surface area contributed by atoms with E-state index in [1.807, 2.05) is 28.5 Å². The van der Waals surface area contributed by atoms with Gasteiger partial charge in [-0.1, -0.05) is 6.07 Å². The van der Waals surface area contributed by atoms with E-state index < -0.39 is 0 Å². The zero-order chi connectivity index (χ0) is 21.1. The lowest BCUT2D eigenvalue weighted by Crippen LogP contribution is -2.44. The standard InChI is InChI=1S/C23H30N4O2S/c1-17-16-19(5-6-20(17)26-13-11-25(2)12-14-26)24-22(28)18-7-9-27(10-8-18)23(29)21-4-3-15-30-21/h3-6,15-16,18H,7-14H2,1-2H3,(H,24,28). The van der Waals surface area contributed by atoms with Crippen LogP contribution in [0.2, 0.25) is 0 Å². The molecule has 0 spiro atoms. The van der Waals surface area contributed by atoms with Crippen LogP contribution in [0.5, 0.6) is 0 Å². The number of thiophene rings is 1. The van der Waals surface area contributed by atoms with Gasteiger partial charge in [-0.3, -0.25) is 9.59 Å². The van der Waals surface area contributed by atoms with E-state index in [9.17, 15) is 9.59 Å². The third-order valence-corrected chi connectivity index (χ3v) is 7.05. The van der Waals surface area contributed by atoms with E-state index in [1.165, 1.54) is 22.6 Å². The molecule has 4 rings (SSSR count). The van der Waals surface area contributed by atoms with Crippen molar-refractivity contribution in [2.24, 2.45) is 5.92 Å². The number of piperidine rings is 1. The summed E-state index contributed by atoms with van der Waals surface area (Å²) in [5, 5.41) is 5.02. The van der Waals surface area contributed by atoms with Gasteiger partial charge in [0.05, 0.1) is 4.88 Å². The molecule has 2 aliphatic heterocycles. The smallest absolute Gasteiger partial charge is 0.263 e. The van der Waals surface area contributed by atoms with Gasteiger partial charge in [0.2, 0.25) is 5.91 Å². The average Bonchev–Trinajstić information content (AvgIpc) is 3.29. The summed E-state index contributed by atoms with van der Waals surface area (Å²) in [6, 6.07) is 9.96. The quantitative estimate of drug-likeness (QED) is 0.815. The fraction of sp³-hybridized carbons (Fsp3) is 0.478. The van der Waals surface area contributed by atoms with Gasteiger partial charge >= 0.3 is 0 Å². The monoisotopic (exact) mass is 426 g/mol. The van der Waals surface area contributed by atoms with E-state index in [2.05, 4.69) is 41.2 Å². The van der Waals surface area contributed by atoms with Gasteiger partial charge in [-0.2, -0.15) is 0 Å².